The quantitative estimate of drug-likeness (QED) is 0.626. The highest BCUT2D eigenvalue weighted by atomic mass is 32.2. The van der Waals surface area contributed by atoms with Crippen molar-refractivity contribution in [2.75, 3.05) is 12.1 Å². The van der Waals surface area contributed by atoms with Crippen LogP contribution in [-0.2, 0) is 16.3 Å². The van der Waals surface area contributed by atoms with Crippen molar-refractivity contribution in [2.24, 2.45) is 0 Å². The number of rotatable bonds is 4. The van der Waals surface area contributed by atoms with Gasteiger partial charge in [0.15, 0.2) is 11.5 Å². The third-order valence-electron chi connectivity index (χ3n) is 5.35. The first-order valence-corrected chi connectivity index (χ1v) is 10.9. The maximum Gasteiger partial charge on any atom is 0.249 e. The average Bonchev–Trinajstić information content (AvgIpc) is 3.45. The summed E-state index contributed by atoms with van der Waals surface area (Å²) in [6.45, 7) is 4.40. The first kappa shape index (κ1) is 18.8. The highest BCUT2D eigenvalue weighted by Gasteiger charge is 2.24. The summed E-state index contributed by atoms with van der Waals surface area (Å²) in [5.74, 6) is 3.68. The Balaban J connectivity index is 1.41. The van der Waals surface area contributed by atoms with Gasteiger partial charge < -0.3 is 14.8 Å². The number of aromatic nitrogens is 2. The summed E-state index contributed by atoms with van der Waals surface area (Å²) in [6, 6.07) is 11.8. The smallest absolute Gasteiger partial charge is 0.249 e. The van der Waals surface area contributed by atoms with Crippen LogP contribution in [0.4, 0.5) is 5.82 Å². The fourth-order valence-electron chi connectivity index (χ4n) is 3.53. The zero-order valence-corrected chi connectivity index (χ0v) is 17.6. The van der Waals surface area contributed by atoms with Gasteiger partial charge in [0, 0.05) is 23.1 Å². The normalized spacial score (nSPS) is 14.3. The average molecular weight is 420 g/mol. The Kier molecular flexibility index (Phi) is 4.75. The SMILES string of the molecule is Cc1ccc(-n2nc3c(c2NC(=O)/C=C\c2ccc4c(c2)OCO4)CSC3)cc1C. The molecule has 30 heavy (non-hydrogen) atoms. The molecule has 0 fully saturated rings. The minimum atomic E-state index is -0.197. The monoisotopic (exact) mass is 419 g/mol. The highest BCUT2D eigenvalue weighted by molar-refractivity contribution is 7.98. The molecule has 0 saturated carbocycles. The zero-order valence-electron chi connectivity index (χ0n) is 16.8. The summed E-state index contributed by atoms with van der Waals surface area (Å²) in [6.07, 6.45) is 3.30. The topological polar surface area (TPSA) is 65.4 Å². The summed E-state index contributed by atoms with van der Waals surface area (Å²) in [5, 5.41) is 7.82. The lowest BCUT2D eigenvalue weighted by atomic mass is 10.1. The molecule has 5 rings (SSSR count). The van der Waals surface area contributed by atoms with Crippen LogP contribution in [0.2, 0.25) is 0 Å². The Hall–Kier alpha value is -3.19. The van der Waals surface area contributed by atoms with Gasteiger partial charge in [0.25, 0.3) is 0 Å². The largest absolute Gasteiger partial charge is 0.454 e. The van der Waals surface area contributed by atoms with Gasteiger partial charge in [-0.25, -0.2) is 4.68 Å². The fourth-order valence-corrected chi connectivity index (χ4v) is 4.57. The first-order chi connectivity index (χ1) is 14.6. The summed E-state index contributed by atoms with van der Waals surface area (Å²) in [4.78, 5) is 12.7. The van der Waals surface area contributed by atoms with E-state index in [0.717, 1.165) is 45.6 Å². The van der Waals surface area contributed by atoms with Crippen LogP contribution in [0.5, 0.6) is 11.5 Å². The molecule has 0 aliphatic carbocycles. The molecule has 152 valence electrons. The van der Waals surface area contributed by atoms with E-state index < -0.39 is 0 Å². The lowest BCUT2D eigenvalue weighted by molar-refractivity contribution is -0.111. The second kappa shape index (κ2) is 7.57. The van der Waals surface area contributed by atoms with Crippen LogP contribution in [0.25, 0.3) is 11.8 Å². The molecule has 6 nitrogen and oxygen atoms in total. The van der Waals surface area contributed by atoms with Gasteiger partial charge in [0.1, 0.15) is 5.82 Å². The van der Waals surface area contributed by atoms with E-state index in [9.17, 15) is 4.79 Å². The van der Waals surface area contributed by atoms with Crippen LogP contribution in [0.3, 0.4) is 0 Å². The van der Waals surface area contributed by atoms with Gasteiger partial charge in [-0.3, -0.25) is 4.79 Å². The van der Waals surface area contributed by atoms with E-state index in [1.54, 1.807) is 6.08 Å². The van der Waals surface area contributed by atoms with E-state index in [1.807, 2.05) is 40.7 Å². The number of anilines is 1. The summed E-state index contributed by atoms with van der Waals surface area (Å²) in [5.41, 5.74) is 6.38. The lowest BCUT2D eigenvalue weighted by Gasteiger charge is -2.11. The minimum absolute atomic E-state index is 0.197. The molecule has 2 aliphatic rings. The fraction of sp³-hybridized carbons (Fsp3) is 0.217. The van der Waals surface area contributed by atoms with Crippen molar-refractivity contribution < 1.29 is 14.3 Å². The van der Waals surface area contributed by atoms with E-state index in [1.165, 1.54) is 17.2 Å². The summed E-state index contributed by atoms with van der Waals surface area (Å²) in [7, 11) is 0. The van der Waals surface area contributed by atoms with Crippen LogP contribution in [0.15, 0.2) is 42.5 Å². The first-order valence-electron chi connectivity index (χ1n) is 9.73. The number of carbonyl (C=O) groups excluding carboxylic acids is 1. The standard InChI is InChI=1S/C23H21N3O3S/c1-14-3-6-17(9-15(14)2)26-23(18-11-30-12-19(18)25-26)24-22(27)8-5-16-4-7-20-21(10-16)29-13-28-20/h3-10H,11-13H2,1-2H3,(H,24,27)/b8-5-. The van der Waals surface area contributed by atoms with Gasteiger partial charge in [-0.05, 0) is 60.9 Å². The Morgan fingerprint density at radius 2 is 1.97 bits per heavy atom. The lowest BCUT2D eigenvalue weighted by Crippen LogP contribution is -2.13. The second-order valence-corrected chi connectivity index (χ2v) is 8.37. The minimum Gasteiger partial charge on any atom is -0.454 e. The molecule has 3 heterocycles. The second-order valence-electron chi connectivity index (χ2n) is 7.38. The Morgan fingerprint density at radius 3 is 2.83 bits per heavy atom. The van der Waals surface area contributed by atoms with E-state index in [0.29, 0.717) is 5.75 Å². The van der Waals surface area contributed by atoms with Crippen LogP contribution in [0.1, 0.15) is 27.9 Å². The summed E-state index contributed by atoms with van der Waals surface area (Å²) >= 11 is 1.81. The number of aryl methyl sites for hydroxylation is 2. The molecule has 2 aliphatic heterocycles. The van der Waals surface area contributed by atoms with E-state index in [2.05, 4.69) is 31.3 Å². The number of ether oxygens (including phenoxy) is 2. The van der Waals surface area contributed by atoms with Crippen molar-refractivity contribution >= 4 is 29.6 Å². The Bertz CT molecular complexity index is 1180. The van der Waals surface area contributed by atoms with Crippen LogP contribution in [-0.4, -0.2) is 22.5 Å². The van der Waals surface area contributed by atoms with Crippen molar-refractivity contribution in [2.45, 2.75) is 25.4 Å². The number of fused-ring (bicyclic) bond motifs is 2. The van der Waals surface area contributed by atoms with Crippen molar-refractivity contribution in [3.05, 3.63) is 70.4 Å². The van der Waals surface area contributed by atoms with E-state index in [4.69, 9.17) is 14.6 Å². The number of nitrogens with one attached hydrogen (secondary N) is 1. The molecule has 1 amide bonds. The number of nitrogens with zero attached hydrogens (tertiary/aromatic N) is 2. The number of carbonyl (C=O) groups is 1. The molecule has 0 saturated heterocycles. The third-order valence-corrected chi connectivity index (χ3v) is 6.32. The highest BCUT2D eigenvalue weighted by Crippen LogP contribution is 2.36. The number of hydrogen-bond donors (Lipinski definition) is 1. The van der Waals surface area contributed by atoms with Gasteiger partial charge in [0.2, 0.25) is 12.7 Å². The van der Waals surface area contributed by atoms with Gasteiger partial charge >= 0.3 is 0 Å². The molecule has 0 spiro atoms. The molecule has 2 aromatic carbocycles. The predicted octanol–water partition coefficient (Wildman–Crippen LogP) is 4.62. The van der Waals surface area contributed by atoms with Gasteiger partial charge in [-0.2, -0.15) is 16.9 Å². The van der Waals surface area contributed by atoms with Crippen molar-refractivity contribution in [3.8, 4) is 17.2 Å². The van der Waals surface area contributed by atoms with Crippen molar-refractivity contribution in [3.63, 3.8) is 0 Å². The van der Waals surface area contributed by atoms with Crippen molar-refractivity contribution in [1.29, 1.82) is 0 Å². The Morgan fingerprint density at radius 1 is 1.10 bits per heavy atom. The molecule has 7 heteroatoms. The molecule has 0 unspecified atom stereocenters. The van der Waals surface area contributed by atoms with Gasteiger partial charge in [-0.1, -0.05) is 12.1 Å². The summed E-state index contributed by atoms with van der Waals surface area (Å²) < 4.78 is 12.6. The maximum absolute atomic E-state index is 12.7. The molecule has 0 bridgehead atoms. The number of hydrogen-bond acceptors (Lipinski definition) is 5. The molecule has 0 atom stereocenters. The van der Waals surface area contributed by atoms with Gasteiger partial charge in [0.05, 0.1) is 11.4 Å². The molecular formula is C23H21N3O3S. The molecule has 1 aromatic heterocycles. The number of thioether (sulfide) groups is 1. The van der Waals surface area contributed by atoms with E-state index in [-0.39, 0.29) is 12.7 Å². The molecule has 3 aromatic rings. The molecular weight excluding hydrogens is 398 g/mol. The molecule has 0 radical (unpaired) electrons. The van der Waals surface area contributed by atoms with Crippen LogP contribution >= 0.6 is 11.8 Å². The number of amides is 1. The maximum atomic E-state index is 12.7. The van der Waals surface area contributed by atoms with E-state index >= 15 is 0 Å². The van der Waals surface area contributed by atoms with Crippen LogP contribution < -0.4 is 14.8 Å². The van der Waals surface area contributed by atoms with Gasteiger partial charge in [-0.15, -0.1) is 0 Å². The third kappa shape index (κ3) is 3.45. The molecule has 1 N–H and O–H groups in total. The zero-order chi connectivity index (χ0) is 20.7. The van der Waals surface area contributed by atoms with Crippen LogP contribution in [0, 0.1) is 13.8 Å². The number of benzene rings is 2. The Labute approximate surface area is 178 Å². The predicted molar refractivity (Wildman–Crippen MR) is 118 cm³/mol. The van der Waals surface area contributed by atoms with Crippen molar-refractivity contribution in [1.82, 2.24) is 9.78 Å².